The Kier molecular flexibility index (Phi) is 19.1. The van der Waals surface area contributed by atoms with Gasteiger partial charge in [0.15, 0.2) is 11.2 Å². The van der Waals surface area contributed by atoms with Gasteiger partial charge in [-0.2, -0.15) is 16.7 Å². The second-order valence-electron chi connectivity index (χ2n) is 12.4. The number of aromatic hydroxyl groups is 1. The Morgan fingerprint density at radius 1 is 0.935 bits per heavy atom. The smallest absolute Gasteiger partial charge is 0.492 e. The summed E-state index contributed by atoms with van der Waals surface area (Å²) < 4.78 is 38.3. The predicted molar refractivity (Wildman–Crippen MR) is 184 cm³/mol. The SMILES string of the molecule is CCCCCCCCCCCCSC(CCCCC)C(C)OOP(=O)(OCCC)OC[C@@H]1CC[C@H](n2cnc3c(O)ncnc32)O1. The van der Waals surface area contributed by atoms with Crippen LogP contribution in [0, 0.1) is 0 Å². The van der Waals surface area contributed by atoms with Gasteiger partial charge in [0.25, 0.3) is 0 Å². The third kappa shape index (κ3) is 13.7. The first-order valence-electron chi connectivity index (χ1n) is 17.8. The molecule has 3 rings (SSSR count). The number of ether oxygens (including phenoxy) is 1. The minimum Gasteiger partial charge on any atom is -0.492 e. The van der Waals surface area contributed by atoms with Gasteiger partial charge in [-0.1, -0.05) is 97.8 Å². The number of imidazole rings is 1. The summed E-state index contributed by atoms with van der Waals surface area (Å²) >= 11 is 1.93. The summed E-state index contributed by atoms with van der Waals surface area (Å²) in [5, 5.41) is 10.2. The van der Waals surface area contributed by atoms with Crippen molar-refractivity contribution in [1.29, 1.82) is 0 Å². The molecule has 3 unspecified atom stereocenters. The van der Waals surface area contributed by atoms with Crippen LogP contribution in [-0.2, 0) is 27.9 Å². The number of rotatable bonds is 27. The molecular weight excluding hydrogens is 627 g/mol. The summed E-state index contributed by atoms with van der Waals surface area (Å²) in [6.07, 6.45) is 21.7. The molecule has 0 spiro atoms. The van der Waals surface area contributed by atoms with Crippen LogP contribution in [0.1, 0.15) is 143 Å². The van der Waals surface area contributed by atoms with E-state index in [2.05, 4.69) is 28.8 Å². The topological polar surface area (TPSA) is 127 Å². The predicted octanol–water partition coefficient (Wildman–Crippen LogP) is 9.70. The summed E-state index contributed by atoms with van der Waals surface area (Å²) in [6.45, 7) is 8.63. The molecule has 1 aliphatic rings. The summed E-state index contributed by atoms with van der Waals surface area (Å²) in [6, 6.07) is 0. The van der Waals surface area contributed by atoms with Gasteiger partial charge in [0.1, 0.15) is 18.7 Å². The summed E-state index contributed by atoms with van der Waals surface area (Å²) in [7, 11) is -3.98. The molecule has 13 heteroatoms. The Balaban J connectivity index is 1.43. The van der Waals surface area contributed by atoms with Crippen LogP contribution in [0.2, 0.25) is 0 Å². The molecule has 1 aliphatic heterocycles. The van der Waals surface area contributed by atoms with Gasteiger partial charge in [-0.15, -0.1) is 4.67 Å². The molecule has 2 aromatic heterocycles. The molecule has 0 aromatic carbocycles. The van der Waals surface area contributed by atoms with Gasteiger partial charge in [-0.3, -0.25) is 13.6 Å². The molecule has 0 bridgehead atoms. The molecule has 0 amide bonds. The lowest BCUT2D eigenvalue weighted by atomic mass is 10.1. The molecule has 46 heavy (non-hydrogen) atoms. The zero-order valence-electron chi connectivity index (χ0n) is 28.6. The van der Waals surface area contributed by atoms with Crippen molar-refractivity contribution in [2.45, 2.75) is 161 Å². The second-order valence-corrected chi connectivity index (χ2v) is 15.3. The molecule has 5 atom stereocenters. The fourth-order valence-corrected chi connectivity index (χ4v) is 8.06. The van der Waals surface area contributed by atoms with E-state index >= 15 is 0 Å². The van der Waals surface area contributed by atoms with Crippen molar-refractivity contribution in [1.82, 2.24) is 19.5 Å². The van der Waals surface area contributed by atoms with Crippen LogP contribution in [0.3, 0.4) is 0 Å². The maximum atomic E-state index is 13.6. The van der Waals surface area contributed by atoms with Crippen LogP contribution >= 0.6 is 19.6 Å². The van der Waals surface area contributed by atoms with E-state index in [1.807, 2.05) is 25.6 Å². The number of fused-ring (bicyclic) bond motifs is 1. The quantitative estimate of drug-likeness (QED) is 0.0417. The first-order valence-corrected chi connectivity index (χ1v) is 20.3. The highest BCUT2D eigenvalue weighted by molar-refractivity contribution is 7.99. The van der Waals surface area contributed by atoms with Crippen LogP contribution < -0.4 is 0 Å². The third-order valence-electron chi connectivity index (χ3n) is 8.34. The number of unbranched alkanes of at least 4 members (excludes halogenated alkanes) is 11. The Labute approximate surface area is 280 Å². The van der Waals surface area contributed by atoms with Crippen molar-refractivity contribution in [3.8, 4) is 5.88 Å². The summed E-state index contributed by atoms with van der Waals surface area (Å²) in [4.78, 5) is 18.0. The number of hydrogen-bond donors (Lipinski definition) is 1. The lowest BCUT2D eigenvalue weighted by Crippen LogP contribution is -2.24. The average molecular weight is 687 g/mol. The number of hydrogen-bond acceptors (Lipinski definition) is 11. The van der Waals surface area contributed by atoms with Gasteiger partial charge >= 0.3 is 7.82 Å². The Morgan fingerprint density at radius 3 is 2.35 bits per heavy atom. The van der Waals surface area contributed by atoms with Crippen LogP contribution in [0.25, 0.3) is 11.2 Å². The largest absolute Gasteiger partial charge is 0.502 e. The van der Waals surface area contributed by atoms with Gasteiger partial charge in [-0.05, 0) is 44.8 Å². The highest BCUT2D eigenvalue weighted by Gasteiger charge is 2.35. The highest BCUT2D eigenvalue weighted by Crippen LogP contribution is 2.51. The van der Waals surface area contributed by atoms with E-state index < -0.39 is 7.82 Å². The highest BCUT2D eigenvalue weighted by atomic mass is 32.2. The molecule has 0 aliphatic carbocycles. The van der Waals surface area contributed by atoms with E-state index in [1.54, 1.807) is 10.9 Å². The van der Waals surface area contributed by atoms with Crippen molar-refractivity contribution in [2.24, 2.45) is 0 Å². The van der Waals surface area contributed by atoms with Crippen molar-refractivity contribution < 1.29 is 33.0 Å². The standard InChI is InChI=1S/C33H59N4O7PS/c1-5-8-10-11-12-13-14-15-16-18-23-46-29(19-17-9-6-2)27(4)43-44-45(39,40-22-7-3)41-24-28-20-21-30(42-28)37-26-36-31-32(37)34-25-35-33(31)38/h25-30H,5-24H2,1-4H3,(H,34,35,38)/t27?,28-,29?,30+,45?/m0/s1. The molecule has 1 fully saturated rings. The van der Waals surface area contributed by atoms with Crippen molar-refractivity contribution >= 4 is 30.7 Å². The van der Waals surface area contributed by atoms with E-state index in [0.717, 1.165) is 25.0 Å². The fraction of sp³-hybridized carbons (Fsp3) is 0.848. The molecule has 0 saturated carbocycles. The van der Waals surface area contributed by atoms with E-state index in [9.17, 15) is 9.67 Å². The lowest BCUT2D eigenvalue weighted by Gasteiger charge is -2.25. The Hall–Kier alpha value is -1.27. The third-order valence-corrected chi connectivity index (χ3v) is 11.1. The molecular formula is C33H59N4O7PS. The Morgan fingerprint density at radius 2 is 1.63 bits per heavy atom. The van der Waals surface area contributed by atoms with Crippen LogP contribution in [0.4, 0.5) is 0 Å². The van der Waals surface area contributed by atoms with E-state index in [1.165, 1.54) is 77.0 Å². The van der Waals surface area contributed by atoms with Gasteiger partial charge < -0.3 is 9.84 Å². The maximum Gasteiger partial charge on any atom is 0.502 e. The number of nitrogens with zero attached hydrogens (tertiary/aromatic N) is 4. The van der Waals surface area contributed by atoms with E-state index in [0.29, 0.717) is 30.4 Å². The number of phosphoric ester groups is 1. The van der Waals surface area contributed by atoms with E-state index in [-0.39, 0.29) is 42.8 Å². The fourth-order valence-electron chi connectivity index (χ4n) is 5.58. The zero-order valence-corrected chi connectivity index (χ0v) is 30.4. The van der Waals surface area contributed by atoms with Gasteiger partial charge in [0.2, 0.25) is 5.88 Å². The van der Waals surface area contributed by atoms with Crippen LogP contribution in [0.5, 0.6) is 5.88 Å². The molecule has 3 heterocycles. The maximum absolute atomic E-state index is 13.6. The monoisotopic (exact) mass is 686 g/mol. The minimum absolute atomic E-state index is 0.0233. The first kappa shape index (κ1) is 39.2. The summed E-state index contributed by atoms with van der Waals surface area (Å²) in [5.41, 5.74) is 0.805. The van der Waals surface area contributed by atoms with E-state index in [4.69, 9.17) is 23.3 Å². The van der Waals surface area contributed by atoms with Gasteiger partial charge in [-0.25, -0.2) is 19.4 Å². The minimum atomic E-state index is -3.98. The van der Waals surface area contributed by atoms with Crippen LogP contribution in [-0.4, -0.2) is 61.1 Å². The number of thioether (sulfide) groups is 1. The van der Waals surface area contributed by atoms with Gasteiger partial charge in [0, 0.05) is 5.25 Å². The molecule has 1 saturated heterocycles. The van der Waals surface area contributed by atoms with Gasteiger partial charge in [0.05, 0.1) is 25.6 Å². The average Bonchev–Trinajstić information content (AvgIpc) is 3.71. The van der Waals surface area contributed by atoms with Crippen molar-refractivity contribution in [3.63, 3.8) is 0 Å². The van der Waals surface area contributed by atoms with Crippen molar-refractivity contribution in [2.75, 3.05) is 19.0 Å². The molecule has 264 valence electrons. The Bertz CT molecular complexity index is 1140. The lowest BCUT2D eigenvalue weighted by molar-refractivity contribution is -0.257. The second kappa shape index (κ2) is 22.4. The summed E-state index contributed by atoms with van der Waals surface area (Å²) in [5.74, 6) is 0.909. The molecule has 2 aromatic rings. The normalized spacial score (nSPS) is 19.5. The van der Waals surface area contributed by atoms with Crippen LogP contribution in [0.15, 0.2) is 12.7 Å². The molecule has 0 radical (unpaired) electrons. The first-order chi connectivity index (χ1) is 22.4. The van der Waals surface area contributed by atoms with Crippen molar-refractivity contribution in [3.05, 3.63) is 12.7 Å². The number of phosphoric acid groups is 1. The number of aromatic nitrogens is 4. The zero-order chi connectivity index (χ0) is 33.0. The molecule has 11 nitrogen and oxygen atoms in total. The molecule has 1 N–H and O–H groups in total.